The Kier molecular flexibility index (Phi) is 4.85. The summed E-state index contributed by atoms with van der Waals surface area (Å²) in [5.41, 5.74) is -1.23. The van der Waals surface area contributed by atoms with Crippen molar-refractivity contribution in [2.45, 2.75) is 38.7 Å². The second kappa shape index (κ2) is 5.11. The molecule has 0 saturated heterocycles. The van der Waals surface area contributed by atoms with Crippen molar-refractivity contribution < 1.29 is 19.7 Å². The third kappa shape index (κ3) is 3.19. The SMILES string of the molecule is CCCCC(C)(OCO)C(=O)O. The number of carboxylic acid groups (broad SMARTS) is 1. The number of carboxylic acids is 1. The first-order chi connectivity index (χ1) is 5.56. The van der Waals surface area contributed by atoms with Gasteiger partial charge in [0.25, 0.3) is 0 Å². The maximum absolute atomic E-state index is 10.7. The van der Waals surface area contributed by atoms with Crippen LogP contribution in [0, 0.1) is 0 Å². The highest BCUT2D eigenvalue weighted by Crippen LogP contribution is 2.18. The number of aliphatic carboxylic acids is 1. The number of aliphatic hydroxyl groups excluding tert-OH is 1. The van der Waals surface area contributed by atoms with Gasteiger partial charge in [0.1, 0.15) is 6.79 Å². The minimum Gasteiger partial charge on any atom is -0.479 e. The van der Waals surface area contributed by atoms with E-state index >= 15 is 0 Å². The first-order valence-electron chi connectivity index (χ1n) is 4.05. The molecule has 0 aromatic carbocycles. The van der Waals surface area contributed by atoms with E-state index in [1.165, 1.54) is 6.92 Å². The fourth-order valence-corrected chi connectivity index (χ4v) is 0.897. The van der Waals surface area contributed by atoms with Crippen molar-refractivity contribution in [2.24, 2.45) is 0 Å². The zero-order valence-corrected chi connectivity index (χ0v) is 7.54. The summed E-state index contributed by atoms with van der Waals surface area (Å²) in [6.45, 7) is 2.90. The molecule has 2 N–H and O–H groups in total. The Morgan fingerprint density at radius 2 is 2.17 bits per heavy atom. The van der Waals surface area contributed by atoms with E-state index in [0.29, 0.717) is 6.42 Å². The summed E-state index contributed by atoms with van der Waals surface area (Å²) in [4.78, 5) is 10.7. The average molecular weight is 176 g/mol. The van der Waals surface area contributed by atoms with E-state index in [2.05, 4.69) is 0 Å². The monoisotopic (exact) mass is 176 g/mol. The van der Waals surface area contributed by atoms with Gasteiger partial charge in [0, 0.05) is 0 Å². The van der Waals surface area contributed by atoms with Crippen LogP contribution in [-0.4, -0.2) is 28.6 Å². The van der Waals surface area contributed by atoms with Gasteiger partial charge in [-0.25, -0.2) is 4.79 Å². The van der Waals surface area contributed by atoms with Gasteiger partial charge in [0.2, 0.25) is 0 Å². The van der Waals surface area contributed by atoms with Gasteiger partial charge in [0.15, 0.2) is 5.60 Å². The van der Waals surface area contributed by atoms with E-state index in [9.17, 15) is 4.79 Å². The lowest BCUT2D eigenvalue weighted by Gasteiger charge is -2.23. The summed E-state index contributed by atoms with van der Waals surface area (Å²) in [5, 5.41) is 17.2. The molecule has 4 nitrogen and oxygen atoms in total. The molecule has 1 atom stereocenters. The molecular formula is C8H16O4. The molecule has 72 valence electrons. The zero-order chi connectivity index (χ0) is 9.61. The number of ether oxygens (including phenoxy) is 1. The number of aliphatic hydroxyl groups is 1. The summed E-state index contributed by atoms with van der Waals surface area (Å²) in [5.74, 6) is -1.02. The average Bonchev–Trinajstić information content (AvgIpc) is 2.01. The molecule has 0 saturated carbocycles. The van der Waals surface area contributed by atoms with Crippen LogP contribution in [0.25, 0.3) is 0 Å². The van der Waals surface area contributed by atoms with Crippen molar-refractivity contribution in [3.8, 4) is 0 Å². The zero-order valence-electron chi connectivity index (χ0n) is 7.54. The van der Waals surface area contributed by atoms with Crippen LogP contribution in [0.3, 0.4) is 0 Å². The highest BCUT2D eigenvalue weighted by Gasteiger charge is 2.33. The molecule has 0 aromatic heterocycles. The van der Waals surface area contributed by atoms with Gasteiger partial charge in [-0.05, 0) is 13.3 Å². The molecule has 0 rings (SSSR count). The van der Waals surface area contributed by atoms with Crippen LogP contribution in [-0.2, 0) is 9.53 Å². The van der Waals surface area contributed by atoms with E-state index < -0.39 is 18.4 Å². The second-order valence-electron chi connectivity index (χ2n) is 2.91. The predicted molar refractivity (Wildman–Crippen MR) is 43.7 cm³/mol. The van der Waals surface area contributed by atoms with Gasteiger partial charge in [-0.1, -0.05) is 19.8 Å². The van der Waals surface area contributed by atoms with Gasteiger partial charge in [-0.15, -0.1) is 0 Å². The summed E-state index contributed by atoms with van der Waals surface area (Å²) < 4.78 is 4.75. The maximum atomic E-state index is 10.7. The van der Waals surface area contributed by atoms with Crippen molar-refractivity contribution >= 4 is 5.97 Å². The van der Waals surface area contributed by atoms with Crippen LogP contribution in [0.2, 0.25) is 0 Å². The minimum absolute atomic E-state index is 0.430. The molecule has 4 heteroatoms. The minimum atomic E-state index is -1.23. The first kappa shape index (κ1) is 11.4. The molecule has 12 heavy (non-hydrogen) atoms. The summed E-state index contributed by atoms with van der Waals surface area (Å²) in [7, 11) is 0. The van der Waals surface area contributed by atoms with Crippen molar-refractivity contribution in [1.29, 1.82) is 0 Å². The Morgan fingerprint density at radius 3 is 2.50 bits per heavy atom. The molecule has 0 bridgehead atoms. The maximum Gasteiger partial charge on any atom is 0.335 e. The van der Waals surface area contributed by atoms with Crippen molar-refractivity contribution in [1.82, 2.24) is 0 Å². The van der Waals surface area contributed by atoms with E-state index in [0.717, 1.165) is 12.8 Å². The first-order valence-corrected chi connectivity index (χ1v) is 4.05. The van der Waals surface area contributed by atoms with Crippen LogP contribution >= 0.6 is 0 Å². The number of hydrogen-bond acceptors (Lipinski definition) is 3. The topological polar surface area (TPSA) is 66.8 Å². The summed E-state index contributed by atoms with van der Waals surface area (Å²) in [6, 6.07) is 0. The quantitative estimate of drug-likeness (QED) is 0.592. The van der Waals surface area contributed by atoms with Crippen LogP contribution < -0.4 is 0 Å². The fourth-order valence-electron chi connectivity index (χ4n) is 0.897. The highest BCUT2D eigenvalue weighted by molar-refractivity contribution is 5.76. The van der Waals surface area contributed by atoms with Gasteiger partial charge >= 0.3 is 5.97 Å². The summed E-state index contributed by atoms with van der Waals surface area (Å²) >= 11 is 0. The molecular weight excluding hydrogens is 160 g/mol. The smallest absolute Gasteiger partial charge is 0.335 e. The lowest BCUT2D eigenvalue weighted by atomic mass is 9.99. The van der Waals surface area contributed by atoms with Gasteiger partial charge in [-0.2, -0.15) is 0 Å². The Morgan fingerprint density at radius 1 is 1.58 bits per heavy atom. The Bertz CT molecular complexity index is 146. The van der Waals surface area contributed by atoms with Crippen LogP contribution in [0.5, 0.6) is 0 Å². The lowest BCUT2D eigenvalue weighted by molar-refractivity contribution is -0.176. The molecule has 0 aromatic rings. The standard InChI is InChI=1S/C8H16O4/c1-3-4-5-8(2,7(10)11)12-6-9/h9H,3-6H2,1-2H3,(H,10,11). The molecule has 0 aliphatic heterocycles. The third-order valence-corrected chi connectivity index (χ3v) is 1.84. The molecule has 0 aliphatic rings. The van der Waals surface area contributed by atoms with E-state index in [1.807, 2.05) is 6.92 Å². The fraction of sp³-hybridized carbons (Fsp3) is 0.875. The molecule has 1 unspecified atom stereocenters. The van der Waals surface area contributed by atoms with Crippen molar-refractivity contribution in [3.05, 3.63) is 0 Å². The number of hydrogen-bond donors (Lipinski definition) is 2. The van der Waals surface area contributed by atoms with Gasteiger partial charge in [-0.3, -0.25) is 0 Å². The van der Waals surface area contributed by atoms with E-state index in [1.54, 1.807) is 0 Å². The Balaban J connectivity index is 4.08. The van der Waals surface area contributed by atoms with Crippen LogP contribution in [0.4, 0.5) is 0 Å². The molecule has 0 aliphatic carbocycles. The van der Waals surface area contributed by atoms with E-state index in [-0.39, 0.29) is 0 Å². The highest BCUT2D eigenvalue weighted by atomic mass is 16.6. The predicted octanol–water partition coefficient (Wildman–Crippen LogP) is 0.986. The Labute approximate surface area is 72.2 Å². The molecule has 0 radical (unpaired) electrons. The van der Waals surface area contributed by atoms with Crippen LogP contribution in [0.1, 0.15) is 33.1 Å². The summed E-state index contributed by atoms with van der Waals surface area (Å²) in [6.07, 6.45) is 2.12. The third-order valence-electron chi connectivity index (χ3n) is 1.84. The molecule has 0 fully saturated rings. The number of unbranched alkanes of at least 4 members (excludes halogenated alkanes) is 1. The van der Waals surface area contributed by atoms with Crippen molar-refractivity contribution in [3.63, 3.8) is 0 Å². The molecule has 0 spiro atoms. The second-order valence-corrected chi connectivity index (χ2v) is 2.91. The largest absolute Gasteiger partial charge is 0.479 e. The van der Waals surface area contributed by atoms with Gasteiger partial charge < -0.3 is 14.9 Å². The van der Waals surface area contributed by atoms with Crippen LogP contribution in [0.15, 0.2) is 0 Å². The molecule has 0 amide bonds. The lowest BCUT2D eigenvalue weighted by Crippen LogP contribution is -2.38. The number of carbonyl (C=O) groups is 1. The van der Waals surface area contributed by atoms with E-state index in [4.69, 9.17) is 14.9 Å². The normalized spacial score (nSPS) is 15.6. The molecule has 0 heterocycles. The van der Waals surface area contributed by atoms with Gasteiger partial charge in [0.05, 0.1) is 0 Å². The van der Waals surface area contributed by atoms with Crippen molar-refractivity contribution in [2.75, 3.05) is 6.79 Å². The number of rotatable bonds is 6. The Hall–Kier alpha value is -0.610.